The largest absolute Gasteiger partial charge is 0.508 e. The van der Waals surface area contributed by atoms with Crippen molar-refractivity contribution in [1.82, 2.24) is 0 Å². The Balaban J connectivity index is 1.69. The van der Waals surface area contributed by atoms with Crippen LogP contribution in [0.4, 0.5) is 0 Å². The third-order valence-corrected chi connectivity index (χ3v) is 9.63. The van der Waals surface area contributed by atoms with Gasteiger partial charge < -0.3 is 20.4 Å². The number of benzene rings is 5. The lowest BCUT2D eigenvalue weighted by Crippen LogP contribution is -2.08. The first-order valence-electron chi connectivity index (χ1n) is 17.2. The van der Waals surface area contributed by atoms with Crippen molar-refractivity contribution in [1.29, 1.82) is 0 Å². The van der Waals surface area contributed by atoms with Crippen LogP contribution in [-0.2, 0) is 0 Å². The molecule has 250 valence electrons. The molecular weight excluding hydrogens is 592 g/mol. The molecule has 0 fully saturated rings. The lowest BCUT2D eigenvalue weighted by Gasteiger charge is -2.25. The SMILES string of the molecule is CC(C)c1cc(C(c2ccc(C(c3ccc(O)c(C(C)C)c3)c3ccc(O)c(C(C)C)c3)cc2)c2ccc(O)c(C(C)C)c2)ccc1O. The second-order valence-corrected chi connectivity index (χ2v) is 14.4. The van der Waals surface area contributed by atoms with Crippen molar-refractivity contribution in [3.8, 4) is 23.0 Å². The zero-order valence-electron chi connectivity index (χ0n) is 29.5. The predicted molar refractivity (Wildman–Crippen MR) is 197 cm³/mol. The lowest BCUT2D eigenvalue weighted by atomic mass is 9.79. The molecule has 5 aromatic carbocycles. The minimum absolute atomic E-state index is 0.129. The molecule has 0 atom stereocenters. The summed E-state index contributed by atoms with van der Waals surface area (Å²) < 4.78 is 0. The first-order chi connectivity index (χ1) is 22.8. The van der Waals surface area contributed by atoms with Gasteiger partial charge in [-0.25, -0.2) is 0 Å². The van der Waals surface area contributed by atoms with E-state index < -0.39 is 0 Å². The van der Waals surface area contributed by atoms with Gasteiger partial charge in [0.2, 0.25) is 0 Å². The minimum Gasteiger partial charge on any atom is -0.508 e. The highest BCUT2D eigenvalue weighted by Gasteiger charge is 2.24. The van der Waals surface area contributed by atoms with Gasteiger partial charge in [0.05, 0.1) is 0 Å². The molecule has 4 heteroatoms. The molecule has 0 bridgehead atoms. The van der Waals surface area contributed by atoms with E-state index >= 15 is 0 Å². The fraction of sp³-hybridized carbons (Fsp3) is 0.318. The normalized spacial score (nSPS) is 12.0. The van der Waals surface area contributed by atoms with Crippen LogP contribution in [0.2, 0.25) is 0 Å². The van der Waals surface area contributed by atoms with Crippen LogP contribution in [0.1, 0.15) is 147 Å². The van der Waals surface area contributed by atoms with Crippen molar-refractivity contribution < 1.29 is 20.4 Å². The summed E-state index contributed by atoms with van der Waals surface area (Å²) in [6.07, 6.45) is 0. The van der Waals surface area contributed by atoms with Crippen LogP contribution >= 0.6 is 0 Å². The Labute approximate surface area is 286 Å². The summed E-state index contributed by atoms with van der Waals surface area (Å²) in [5, 5.41) is 42.7. The van der Waals surface area contributed by atoms with Crippen LogP contribution in [0.25, 0.3) is 0 Å². The molecule has 4 nitrogen and oxygen atoms in total. The smallest absolute Gasteiger partial charge is 0.119 e. The maximum atomic E-state index is 10.7. The van der Waals surface area contributed by atoms with E-state index in [-0.39, 0.29) is 35.5 Å². The molecule has 0 radical (unpaired) electrons. The van der Waals surface area contributed by atoms with Gasteiger partial charge in [-0.3, -0.25) is 0 Å². The minimum atomic E-state index is -0.129. The van der Waals surface area contributed by atoms with Gasteiger partial charge in [-0.15, -0.1) is 0 Å². The fourth-order valence-corrected chi connectivity index (χ4v) is 6.90. The van der Waals surface area contributed by atoms with Gasteiger partial charge in [-0.2, -0.15) is 0 Å². The maximum absolute atomic E-state index is 10.7. The molecule has 0 aliphatic heterocycles. The Hall–Kier alpha value is -4.70. The number of rotatable bonds is 10. The van der Waals surface area contributed by atoms with Crippen LogP contribution < -0.4 is 0 Å². The van der Waals surface area contributed by atoms with Gasteiger partial charge in [0.1, 0.15) is 23.0 Å². The molecule has 0 aromatic heterocycles. The summed E-state index contributed by atoms with van der Waals surface area (Å²) in [5.74, 6) is 1.54. The van der Waals surface area contributed by atoms with Crippen molar-refractivity contribution in [3.05, 3.63) is 153 Å². The highest BCUT2D eigenvalue weighted by molar-refractivity contribution is 5.54. The molecule has 0 aliphatic rings. The van der Waals surface area contributed by atoms with Crippen LogP contribution in [0.15, 0.2) is 97.1 Å². The molecule has 0 amide bonds. The number of hydrogen-bond acceptors (Lipinski definition) is 4. The van der Waals surface area contributed by atoms with E-state index in [0.29, 0.717) is 23.0 Å². The van der Waals surface area contributed by atoms with Crippen LogP contribution in [-0.4, -0.2) is 20.4 Å². The Kier molecular flexibility index (Phi) is 10.2. The highest BCUT2D eigenvalue weighted by atomic mass is 16.3. The van der Waals surface area contributed by atoms with Crippen molar-refractivity contribution in [2.75, 3.05) is 0 Å². The molecule has 4 N–H and O–H groups in total. The quantitative estimate of drug-likeness (QED) is 0.114. The second-order valence-electron chi connectivity index (χ2n) is 14.4. The Morgan fingerprint density at radius 2 is 0.479 bits per heavy atom. The zero-order valence-corrected chi connectivity index (χ0v) is 29.5. The molecule has 0 saturated heterocycles. The summed E-state index contributed by atoms with van der Waals surface area (Å²) in [7, 11) is 0. The van der Waals surface area contributed by atoms with Gasteiger partial charge in [0, 0.05) is 11.8 Å². The molecule has 0 spiro atoms. The molecule has 0 heterocycles. The van der Waals surface area contributed by atoms with Crippen LogP contribution in [0.3, 0.4) is 0 Å². The van der Waals surface area contributed by atoms with E-state index in [1.807, 2.05) is 24.3 Å². The van der Waals surface area contributed by atoms with Gasteiger partial charge in [0.25, 0.3) is 0 Å². The Bertz CT molecular complexity index is 1630. The topological polar surface area (TPSA) is 80.9 Å². The molecule has 5 rings (SSSR count). The standard InChI is InChI=1S/C44H50O4/c1-25(2)35-21-31(13-17-39(35)45)43(32-14-18-40(46)36(22-32)26(3)4)29-9-11-30(12-10-29)44(33-15-19-41(47)37(23-33)27(5)6)34-16-20-42(48)38(24-34)28(7)8/h9-28,43-48H,1-8H3. The lowest BCUT2D eigenvalue weighted by molar-refractivity contribution is 0.463. The van der Waals surface area contributed by atoms with Crippen LogP contribution in [0.5, 0.6) is 23.0 Å². The first-order valence-corrected chi connectivity index (χ1v) is 17.2. The van der Waals surface area contributed by atoms with E-state index in [1.54, 1.807) is 24.3 Å². The highest BCUT2D eigenvalue weighted by Crippen LogP contribution is 2.42. The van der Waals surface area contributed by atoms with Crippen molar-refractivity contribution in [2.45, 2.75) is 90.9 Å². The summed E-state index contributed by atoms with van der Waals surface area (Å²) >= 11 is 0. The second kappa shape index (κ2) is 14.2. The van der Waals surface area contributed by atoms with Gasteiger partial charge in [-0.05, 0) is 104 Å². The van der Waals surface area contributed by atoms with Crippen molar-refractivity contribution in [2.24, 2.45) is 0 Å². The third-order valence-electron chi connectivity index (χ3n) is 9.63. The molecular formula is C44H50O4. The average Bonchev–Trinajstić information content (AvgIpc) is 3.04. The maximum Gasteiger partial charge on any atom is 0.119 e. The molecule has 0 unspecified atom stereocenters. The van der Waals surface area contributed by atoms with Crippen LogP contribution in [0, 0.1) is 0 Å². The number of phenolic OH excluding ortho intramolecular Hbond substituents is 4. The fourth-order valence-electron chi connectivity index (χ4n) is 6.90. The van der Waals surface area contributed by atoms with Gasteiger partial charge in [-0.1, -0.05) is 128 Å². The van der Waals surface area contributed by atoms with E-state index in [2.05, 4.69) is 104 Å². The Morgan fingerprint density at radius 1 is 0.292 bits per heavy atom. The van der Waals surface area contributed by atoms with E-state index in [4.69, 9.17) is 0 Å². The monoisotopic (exact) mass is 642 g/mol. The van der Waals surface area contributed by atoms with Gasteiger partial charge in [0.15, 0.2) is 0 Å². The first kappa shape index (κ1) is 34.6. The average molecular weight is 643 g/mol. The van der Waals surface area contributed by atoms with E-state index in [1.165, 1.54) is 0 Å². The summed E-state index contributed by atoms with van der Waals surface area (Å²) in [6.45, 7) is 16.7. The number of phenols is 4. The van der Waals surface area contributed by atoms with Crippen molar-refractivity contribution >= 4 is 0 Å². The van der Waals surface area contributed by atoms with Crippen molar-refractivity contribution in [3.63, 3.8) is 0 Å². The molecule has 5 aromatic rings. The summed E-state index contributed by atoms with van der Waals surface area (Å²) in [4.78, 5) is 0. The summed E-state index contributed by atoms with van der Waals surface area (Å²) in [5.41, 5.74) is 10.1. The van der Waals surface area contributed by atoms with Gasteiger partial charge >= 0.3 is 0 Å². The number of aromatic hydroxyl groups is 4. The number of hydrogen-bond donors (Lipinski definition) is 4. The zero-order chi connectivity index (χ0) is 34.9. The molecule has 48 heavy (non-hydrogen) atoms. The molecule has 0 saturated carbocycles. The van der Waals surface area contributed by atoms with E-state index in [0.717, 1.165) is 55.6 Å². The summed E-state index contributed by atoms with van der Waals surface area (Å²) in [6, 6.07) is 32.3. The third kappa shape index (κ3) is 7.08. The Morgan fingerprint density at radius 3 is 0.667 bits per heavy atom. The van der Waals surface area contributed by atoms with E-state index in [9.17, 15) is 20.4 Å². The molecule has 0 aliphatic carbocycles. The predicted octanol–water partition coefficient (Wildman–Crippen LogP) is 11.4.